The van der Waals surface area contributed by atoms with Crippen molar-refractivity contribution in [3.63, 3.8) is 0 Å². The molecule has 9 rings (SSSR count). The van der Waals surface area contributed by atoms with E-state index in [4.69, 9.17) is 31.8 Å². The van der Waals surface area contributed by atoms with E-state index in [0.29, 0.717) is 0 Å². The van der Waals surface area contributed by atoms with Crippen molar-refractivity contribution in [3.8, 4) is 44.5 Å². The first kappa shape index (κ1) is 10.1. The van der Waals surface area contributed by atoms with Gasteiger partial charge in [-0.05, 0) is 72.6 Å². The molecular weight excluding hydrogens is 544 g/mol. The molecule has 0 fully saturated rings. The summed E-state index contributed by atoms with van der Waals surface area (Å²) in [5.74, 6) is 0. The molecule has 0 amide bonds. The SMILES string of the molecule is [2H]c1c([2H])c([2H])c(-c2c([2H])c([2H])c([2H])c(-c3c4c([2H])c([2H])c([2H])c([2H])c4c(-c4c([2H])c([2H])c([2H])c5oc6c(-c7c([2H])c([2H])c([2H])c([2H])c7[2H])c([2H])c([2H])c([2H])c6c45)c4c([2H])c([2H])c([2H])c([2H])c34)c2[2H])c([2H])c1[2H]. The lowest BCUT2D eigenvalue weighted by Gasteiger charge is -2.18. The largest absolute Gasteiger partial charge is 0.455 e. The van der Waals surface area contributed by atoms with E-state index in [9.17, 15) is 11.0 Å². The minimum atomic E-state index is -1.07. The molecule has 0 spiro atoms. The Morgan fingerprint density at radius 2 is 0.844 bits per heavy atom. The molecular formula is C44H28O. The van der Waals surface area contributed by atoms with E-state index in [1.165, 1.54) is 0 Å². The standard InChI is InChI=1S/C44H28O/c1-3-14-29(15-4-1)31-18-11-19-32(28-31)41-34-20-7-9-22-36(34)42(37-23-10-8-21-35(37)41)38-25-13-27-40-43(38)39-26-12-24-33(44(39)45-40)30-16-5-2-6-17-30/h1-28H/i1D,2D,3D,4D,5D,6D,7D,8D,9D,10D,11D,12D,13D,14D,15D,16D,17D,18D,19D,20D,21D,22D,23D,24D,25D,26D,27D,28D. The molecule has 0 bridgehead atoms. The second kappa shape index (κ2) is 10.4. The topological polar surface area (TPSA) is 13.1 Å². The third kappa shape index (κ3) is 4.09. The van der Waals surface area contributed by atoms with Crippen molar-refractivity contribution in [2.24, 2.45) is 0 Å². The Morgan fingerprint density at radius 1 is 0.356 bits per heavy atom. The number of rotatable bonds is 4. The maximum atomic E-state index is 9.63. The second-order valence-corrected chi connectivity index (χ2v) is 9.51. The van der Waals surface area contributed by atoms with Gasteiger partial charge in [0.25, 0.3) is 0 Å². The van der Waals surface area contributed by atoms with Crippen LogP contribution in [0.4, 0.5) is 0 Å². The molecule has 0 unspecified atom stereocenters. The van der Waals surface area contributed by atoms with Crippen molar-refractivity contribution in [2.45, 2.75) is 0 Å². The average molecular weight is 601 g/mol. The third-order valence-corrected chi connectivity index (χ3v) is 7.12. The number of benzene rings is 8. The molecule has 210 valence electrons. The van der Waals surface area contributed by atoms with Crippen LogP contribution in [0.3, 0.4) is 0 Å². The van der Waals surface area contributed by atoms with Crippen LogP contribution in [0, 0.1) is 0 Å². The van der Waals surface area contributed by atoms with Crippen molar-refractivity contribution >= 4 is 43.5 Å². The van der Waals surface area contributed by atoms with E-state index in [2.05, 4.69) is 0 Å². The summed E-state index contributed by atoms with van der Waals surface area (Å²) < 4.78 is 256. The highest BCUT2D eigenvalue weighted by Gasteiger charge is 2.21. The molecule has 0 aliphatic carbocycles. The van der Waals surface area contributed by atoms with E-state index in [0.717, 1.165) is 0 Å². The maximum Gasteiger partial charge on any atom is 0.143 e. The summed E-state index contributed by atoms with van der Waals surface area (Å²) in [5, 5.41) is -4.34. The van der Waals surface area contributed by atoms with Crippen molar-refractivity contribution in [1.82, 2.24) is 0 Å². The molecule has 0 aliphatic rings. The summed E-state index contributed by atoms with van der Waals surface area (Å²) in [6, 6.07) is -27.1. The van der Waals surface area contributed by atoms with E-state index in [1.807, 2.05) is 0 Å². The average Bonchev–Trinajstić information content (AvgIpc) is 3.75. The zero-order valence-electron chi connectivity index (χ0n) is 50.4. The fourth-order valence-corrected chi connectivity index (χ4v) is 5.31. The van der Waals surface area contributed by atoms with Gasteiger partial charge in [0, 0.05) is 16.3 Å². The quantitative estimate of drug-likeness (QED) is 0.183. The number of para-hydroxylation sites is 1. The van der Waals surface area contributed by atoms with Gasteiger partial charge in [-0.2, -0.15) is 0 Å². The molecule has 0 saturated heterocycles. The van der Waals surface area contributed by atoms with Gasteiger partial charge in [0.05, 0.1) is 38.4 Å². The Kier molecular flexibility index (Phi) is 2.32. The third-order valence-electron chi connectivity index (χ3n) is 7.12. The fraction of sp³-hybridized carbons (Fsp3) is 0. The summed E-state index contributed by atoms with van der Waals surface area (Å²) in [6.07, 6.45) is 0. The number of fused-ring (bicyclic) bond motifs is 5. The molecule has 0 N–H and O–H groups in total. The van der Waals surface area contributed by atoms with Gasteiger partial charge in [-0.1, -0.05) is 157 Å². The Labute approximate surface area is 301 Å². The van der Waals surface area contributed by atoms with E-state index < -0.39 is 257 Å². The summed E-state index contributed by atoms with van der Waals surface area (Å²) in [5.41, 5.74) is -7.60. The first-order chi connectivity index (χ1) is 34.0. The van der Waals surface area contributed by atoms with Gasteiger partial charge in [-0.15, -0.1) is 0 Å². The van der Waals surface area contributed by atoms with Crippen LogP contribution in [0.5, 0.6) is 0 Å². The van der Waals surface area contributed by atoms with Gasteiger partial charge in [0.2, 0.25) is 0 Å². The molecule has 1 heteroatoms. The highest BCUT2D eigenvalue weighted by Crippen LogP contribution is 2.47. The number of hydrogen-bond donors (Lipinski definition) is 0. The van der Waals surface area contributed by atoms with Crippen LogP contribution in [0.1, 0.15) is 38.4 Å². The first-order valence-corrected chi connectivity index (χ1v) is 13.2. The van der Waals surface area contributed by atoms with Gasteiger partial charge >= 0.3 is 0 Å². The van der Waals surface area contributed by atoms with Crippen molar-refractivity contribution < 1.29 is 42.8 Å². The minimum absolute atomic E-state index is 0.610. The summed E-state index contributed by atoms with van der Waals surface area (Å²) >= 11 is 0. The molecule has 8 aromatic carbocycles. The smallest absolute Gasteiger partial charge is 0.143 e. The molecule has 1 heterocycles. The maximum absolute atomic E-state index is 9.63. The Hall–Kier alpha value is -5.92. The summed E-state index contributed by atoms with van der Waals surface area (Å²) in [7, 11) is 0. The summed E-state index contributed by atoms with van der Waals surface area (Å²) in [6.45, 7) is 0. The lowest BCUT2D eigenvalue weighted by atomic mass is 9.84. The lowest BCUT2D eigenvalue weighted by molar-refractivity contribution is 0.670. The van der Waals surface area contributed by atoms with Crippen LogP contribution in [0.15, 0.2) is 174 Å². The van der Waals surface area contributed by atoms with Crippen LogP contribution in [-0.2, 0) is 0 Å². The molecule has 45 heavy (non-hydrogen) atoms. The van der Waals surface area contributed by atoms with Crippen molar-refractivity contribution in [2.75, 3.05) is 0 Å². The van der Waals surface area contributed by atoms with E-state index >= 15 is 0 Å². The van der Waals surface area contributed by atoms with E-state index in [1.54, 1.807) is 0 Å². The molecule has 1 aromatic heterocycles. The van der Waals surface area contributed by atoms with Gasteiger partial charge in [-0.3, -0.25) is 0 Å². The first-order valence-electron chi connectivity index (χ1n) is 27.2. The number of hydrogen-bond acceptors (Lipinski definition) is 1. The summed E-state index contributed by atoms with van der Waals surface area (Å²) in [4.78, 5) is 0. The highest BCUT2D eigenvalue weighted by molar-refractivity contribution is 6.26. The normalized spacial score (nSPS) is 20.3. The predicted octanol–water partition coefficient (Wildman–Crippen LogP) is 12.6. The molecule has 9 aromatic rings. The molecule has 0 radical (unpaired) electrons. The predicted molar refractivity (Wildman–Crippen MR) is 190 cm³/mol. The number of furan rings is 1. The zero-order valence-corrected chi connectivity index (χ0v) is 22.4. The van der Waals surface area contributed by atoms with Crippen LogP contribution in [0.2, 0.25) is 0 Å². The molecule has 0 saturated carbocycles. The Morgan fingerprint density at radius 3 is 1.53 bits per heavy atom. The molecule has 0 atom stereocenters. The Bertz CT molecular complexity index is 3980. The minimum Gasteiger partial charge on any atom is -0.455 e. The van der Waals surface area contributed by atoms with Crippen LogP contribution in [0.25, 0.3) is 88.0 Å². The molecule has 0 aliphatic heterocycles. The van der Waals surface area contributed by atoms with Crippen molar-refractivity contribution in [1.29, 1.82) is 0 Å². The van der Waals surface area contributed by atoms with Crippen molar-refractivity contribution in [3.05, 3.63) is 169 Å². The zero-order chi connectivity index (χ0) is 54.1. The molecule has 1 nitrogen and oxygen atoms in total. The van der Waals surface area contributed by atoms with Crippen LogP contribution < -0.4 is 0 Å². The second-order valence-electron chi connectivity index (χ2n) is 9.51. The van der Waals surface area contributed by atoms with Gasteiger partial charge in [0.1, 0.15) is 11.2 Å². The van der Waals surface area contributed by atoms with Gasteiger partial charge in [0.15, 0.2) is 0 Å². The highest BCUT2D eigenvalue weighted by atomic mass is 16.3. The lowest BCUT2D eigenvalue weighted by Crippen LogP contribution is -1.91. The van der Waals surface area contributed by atoms with E-state index in [-0.39, 0.29) is 0 Å². The van der Waals surface area contributed by atoms with Gasteiger partial charge in [-0.25, -0.2) is 0 Å². The fourth-order valence-electron chi connectivity index (χ4n) is 5.31. The van der Waals surface area contributed by atoms with Gasteiger partial charge < -0.3 is 4.42 Å². The monoisotopic (exact) mass is 600 g/mol. The van der Waals surface area contributed by atoms with Crippen LogP contribution in [-0.4, -0.2) is 0 Å². The van der Waals surface area contributed by atoms with Crippen LogP contribution >= 0.6 is 0 Å². The Balaban J connectivity index is 1.63.